The number of benzene rings is 2. The maximum atomic E-state index is 5.86. The molecule has 1 N–H and O–H groups in total. The Labute approximate surface area is 149 Å². The zero-order valence-electron chi connectivity index (χ0n) is 13.3. The monoisotopic (exact) mass is 387 g/mol. The number of ether oxygens (including phenoxy) is 1. The molecule has 1 heterocycles. The largest absolute Gasteiger partial charge is 0.488 e. The van der Waals surface area contributed by atoms with Gasteiger partial charge in [-0.2, -0.15) is 0 Å². The maximum Gasteiger partial charge on any atom is 0.243 e. The van der Waals surface area contributed by atoms with Crippen LogP contribution >= 0.6 is 15.9 Å². The number of aromatic nitrogens is 4. The Morgan fingerprint density at radius 3 is 2.71 bits per heavy atom. The summed E-state index contributed by atoms with van der Waals surface area (Å²) in [6.45, 7) is 3.91. The second-order valence-electron chi connectivity index (χ2n) is 5.21. The molecule has 0 saturated carbocycles. The minimum absolute atomic E-state index is 0.544. The van der Waals surface area contributed by atoms with Gasteiger partial charge in [0.05, 0.1) is 4.47 Å². The highest BCUT2D eigenvalue weighted by Crippen LogP contribution is 2.27. The van der Waals surface area contributed by atoms with Crippen LogP contribution in [-0.4, -0.2) is 20.2 Å². The Morgan fingerprint density at radius 1 is 1.12 bits per heavy atom. The molecule has 0 bridgehead atoms. The average molecular weight is 388 g/mol. The fourth-order valence-electron chi connectivity index (χ4n) is 2.23. The Balaban J connectivity index is 1.60. The summed E-state index contributed by atoms with van der Waals surface area (Å²) in [6.07, 6.45) is 0. The Bertz CT molecular complexity index is 791. The molecule has 0 aliphatic heterocycles. The molecule has 0 radical (unpaired) electrons. The second-order valence-corrected chi connectivity index (χ2v) is 6.07. The van der Waals surface area contributed by atoms with Crippen molar-refractivity contribution < 1.29 is 4.74 Å². The van der Waals surface area contributed by atoms with Gasteiger partial charge in [-0.15, -0.1) is 0 Å². The van der Waals surface area contributed by atoms with Crippen molar-refractivity contribution in [2.75, 3.05) is 5.32 Å². The van der Waals surface area contributed by atoms with Crippen molar-refractivity contribution in [3.8, 4) is 5.75 Å². The van der Waals surface area contributed by atoms with Gasteiger partial charge in [0.25, 0.3) is 0 Å². The Hall–Kier alpha value is -2.41. The van der Waals surface area contributed by atoms with Crippen LogP contribution in [0.25, 0.3) is 0 Å². The molecule has 0 aliphatic rings. The number of nitrogens with zero attached hydrogens (tertiary/aromatic N) is 4. The number of hydrogen-bond donors (Lipinski definition) is 1. The minimum atomic E-state index is 0.544. The van der Waals surface area contributed by atoms with E-state index in [-0.39, 0.29) is 0 Å². The molecule has 0 spiro atoms. The van der Waals surface area contributed by atoms with E-state index in [4.69, 9.17) is 4.74 Å². The lowest BCUT2D eigenvalue weighted by atomic mass is 10.2. The topological polar surface area (TPSA) is 64.9 Å². The number of rotatable bonds is 7. The van der Waals surface area contributed by atoms with E-state index in [1.165, 1.54) is 0 Å². The summed E-state index contributed by atoms with van der Waals surface area (Å²) in [4.78, 5) is 0. The van der Waals surface area contributed by atoms with Crippen molar-refractivity contribution in [2.24, 2.45) is 0 Å². The van der Waals surface area contributed by atoms with Crippen LogP contribution in [0.5, 0.6) is 5.75 Å². The molecule has 0 unspecified atom stereocenters. The van der Waals surface area contributed by atoms with Gasteiger partial charge >= 0.3 is 0 Å². The van der Waals surface area contributed by atoms with Crippen LogP contribution in [-0.2, 0) is 19.7 Å². The van der Waals surface area contributed by atoms with E-state index in [2.05, 4.69) is 36.8 Å². The first-order valence-corrected chi connectivity index (χ1v) is 8.50. The smallest absolute Gasteiger partial charge is 0.243 e. The van der Waals surface area contributed by atoms with Gasteiger partial charge in [0.15, 0.2) is 0 Å². The van der Waals surface area contributed by atoms with Crippen molar-refractivity contribution in [1.82, 2.24) is 20.2 Å². The van der Waals surface area contributed by atoms with Crippen molar-refractivity contribution in [1.29, 1.82) is 0 Å². The lowest BCUT2D eigenvalue weighted by Gasteiger charge is -2.11. The molecule has 0 amide bonds. The molecule has 3 aromatic rings. The first-order chi connectivity index (χ1) is 11.8. The molecule has 0 atom stereocenters. The normalized spacial score (nSPS) is 10.6. The van der Waals surface area contributed by atoms with Crippen LogP contribution in [0, 0.1) is 0 Å². The van der Waals surface area contributed by atoms with Crippen LogP contribution in [0.3, 0.4) is 0 Å². The predicted octanol–water partition coefficient (Wildman–Crippen LogP) is 3.65. The van der Waals surface area contributed by atoms with E-state index < -0.39 is 0 Å². The number of hydrogen-bond acceptors (Lipinski definition) is 5. The molecule has 7 heteroatoms. The molecule has 124 valence electrons. The Morgan fingerprint density at radius 2 is 1.96 bits per heavy atom. The molecule has 6 nitrogen and oxygen atoms in total. The summed E-state index contributed by atoms with van der Waals surface area (Å²) in [6, 6.07) is 16.1. The number of halogens is 1. The molecule has 24 heavy (non-hydrogen) atoms. The quantitative estimate of drug-likeness (QED) is 0.670. The Kier molecular flexibility index (Phi) is 5.43. The van der Waals surface area contributed by atoms with Gasteiger partial charge in [-0.3, -0.25) is 0 Å². The van der Waals surface area contributed by atoms with Crippen LogP contribution in [0.2, 0.25) is 0 Å². The van der Waals surface area contributed by atoms with Crippen molar-refractivity contribution in [2.45, 2.75) is 26.6 Å². The maximum absolute atomic E-state index is 5.86. The molecular weight excluding hydrogens is 370 g/mol. The van der Waals surface area contributed by atoms with Gasteiger partial charge in [-0.05, 0) is 56.5 Å². The van der Waals surface area contributed by atoms with Crippen molar-refractivity contribution in [3.63, 3.8) is 0 Å². The number of tetrazole rings is 1. The summed E-state index contributed by atoms with van der Waals surface area (Å²) in [5.74, 6) is 1.49. The highest BCUT2D eigenvalue weighted by atomic mass is 79.9. The van der Waals surface area contributed by atoms with Gasteiger partial charge in [0.2, 0.25) is 5.95 Å². The number of aryl methyl sites for hydroxylation is 1. The summed E-state index contributed by atoms with van der Waals surface area (Å²) < 4.78 is 8.50. The van der Waals surface area contributed by atoms with E-state index in [1.54, 1.807) is 4.68 Å². The van der Waals surface area contributed by atoms with E-state index in [9.17, 15) is 0 Å². The minimum Gasteiger partial charge on any atom is -0.488 e. The fourth-order valence-corrected chi connectivity index (χ4v) is 2.77. The predicted molar refractivity (Wildman–Crippen MR) is 95.7 cm³/mol. The SMILES string of the molecule is CCn1nnnc1NCc1ccc(OCc2ccccc2)c(Br)c1. The van der Waals surface area contributed by atoms with Gasteiger partial charge in [0.1, 0.15) is 12.4 Å². The van der Waals surface area contributed by atoms with E-state index in [1.807, 2.05) is 55.5 Å². The molecular formula is C17H18BrN5O. The first-order valence-electron chi connectivity index (χ1n) is 7.71. The highest BCUT2D eigenvalue weighted by Gasteiger charge is 2.06. The zero-order chi connectivity index (χ0) is 16.8. The molecule has 0 saturated heterocycles. The molecule has 2 aromatic carbocycles. The van der Waals surface area contributed by atoms with Crippen LogP contribution in [0.15, 0.2) is 53.0 Å². The zero-order valence-corrected chi connectivity index (χ0v) is 14.9. The van der Waals surface area contributed by atoms with Crippen LogP contribution < -0.4 is 10.1 Å². The summed E-state index contributed by atoms with van der Waals surface area (Å²) in [5, 5.41) is 14.7. The van der Waals surface area contributed by atoms with E-state index in [0.29, 0.717) is 19.1 Å². The third-order valence-electron chi connectivity index (χ3n) is 3.52. The second kappa shape index (κ2) is 7.92. The van der Waals surface area contributed by atoms with Crippen molar-refractivity contribution in [3.05, 3.63) is 64.1 Å². The number of nitrogens with one attached hydrogen (secondary N) is 1. The van der Waals surface area contributed by atoms with Crippen molar-refractivity contribution >= 4 is 21.9 Å². The van der Waals surface area contributed by atoms with E-state index >= 15 is 0 Å². The average Bonchev–Trinajstić information content (AvgIpc) is 3.07. The lowest BCUT2D eigenvalue weighted by molar-refractivity contribution is 0.304. The molecule has 3 rings (SSSR count). The lowest BCUT2D eigenvalue weighted by Crippen LogP contribution is -2.08. The van der Waals surface area contributed by atoms with Gasteiger partial charge in [-0.25, -0.2) is 4.68 Å². The third-order valence-corrected chi connectivity index (χ3v) is 4.14. The van der Waals surface area contributed by atoms with E-state index in [0.717, 1.165) is 27.9 Å². The summed E-state index contributed by atoms with van der Waals surface area (Å²) in [5.41, 5.74) is 2.25. The first kappa shape index (κ1) is 16.4. The van der Waals surface area contributed by atoms with Crippen LogP contribution in [0.4, 0.5) is 5.95 Å². The third kappa shape index (κ3) is 4.11. The standard InChI is InChI=1S/C17H18BrN5O/c1-2-23-17(20-21-22-23)19-11-14-8-9-16(15(18)10-14)24-12-13-6-4-3-5-7-13/h3-10H,2,11-12H2,1H3,(H,19,20,22). The van der Waals surface area contributed by atoms with Crippen LogP contribution in [0.1, 0.15) is 18.1 Å². The molecule has 0 fully saturated rings. The van der Waals surface area contributed by atoms with Gasteiger partial charge in [0, 0.05) is 13.1 Å². The molecule has 1 aromatic heterocycles. The van der Waals surface area contributed by atoms with Gasteiger partial charge in [-0.1, -0.05) is 41.5 Å². The highest BCUT2D eigenvalue weighted by molar-refractivity contribution is 9.10. The van der Waals surface area contributed by atoms with Gasteiger partial charge < -0.3 is 10.1 Å². The summed E-state index contributed by atoms with van der Waals surface area (Å²) in [7, 11) is 0. The summed E-state index contributed by atoms with van der Waals surface area (Å²) >= 11 is 3.57. The molecule has 0 aliphatic carbocycles. The fraction of sp³-hybridized carbons (Fsp3) is 0.235. The number of anilines is 1.